The summed E-state index contributed by atoms with van der Waals surface area (Å²) in [7, 11) is 3.23. The molecule has 10 heteroatoms. The molecule has 0 atom stereocenters. The van der Waals surface area contributed by atoms with Gasteiger partial charge in [-0.05, 0) is 81.1 Å². The largest absolute Gasteiger partial charge is 0.529 e. The van der Waals surface area contributed by atoms with Crippen LogP contribution in [0.25, 0.3) is 0 Å². The number of hydroxylamine groups is 4. The molecule has 0 radical (unpaired) electrons. The van der Waals surface area contributed by atoms with Crippen molar-refractivity contribution < 1.29 is 29.5 Å². The molecule has 2 aliphatic heterocycles. The van der Waals surface area contributed by atoms with Gasteiger partial charge in [-0.15, -0.1) is 0 Å². The van der Waals surface area contributed by atoms with E-state index in [9.17, 15) is 19.8 Å². The van der Waals surface area contributed by atoms with Crippen LogP contribution in [0.5, 0.6) is 0 Å². The molecule has 186 valence electrons. The summed E-state index contributed by atoms with van der Waals surface area (Å²) in [4.78, 5) is 35.4. The molecule has 0 aromatic heterocycles. The molecular formula is C22H40N4O6-2. The number of hydrogen-bond acceptors (Lipinski definition) is 9. The first kappa shape index (κ1) is 26.8. The molecule has 2 heterocycles. The Morgan fingerprint density at radius 1 is 0.688 bits per heavy atom. The van der Waals surface area contributed by atoms with Crippen molar-refractivity contribution in [2.45, 2.75) is 115 Å². The molecule has 0 unspecified atom stereocenters. The standard InChI is InChI=1S/C22H42N4O6/c1-19(2)11-15(12-20(3,4)25(19)31-9)23(24(17(27)28)18(29)30)16-13-21(5,6)26(32-10)22(7,8)14-16/h15-16H,11-14H2,1-10H3,(H,27,28)(H,29,30)/p-2. The van der Waals surface area contributed by atoms with Gasteiger partial charge in [-0.3, -0.25) is 0 Å². The fourth-order valence-corrected chi connectivity index (χ4v) is 6.67. The summed E-state index contributed by atoms with van der Waals surface area (Å²) in [5.74, 6) is 0. The van der Waals surface area contributed by atoms with E-state index in [1.165, 1.54) is 5.01 Å². The average Bonchev–Trinajstić information content (AvgIpc) is 2.54. The van der Waals surface area contributed by atoms with Crippen LogP contribution in [0.1, 0.15) is 81.1 Å². The van der Waals surface area contributed by atoms with Crippen LogP contribution >= 0.6 is 0 Å². The Labute approximate surface area is 191 Å². The first-order valence-corrected chi connectivity index (χ1v) is 11.1. The minimum absolute atomic E-state index is 0.276. The van der Waals surface area contributed by atoms with Gasteiger partial charge >= 0.3 is 0 Å². The number of nitrogens with zero attached hydrogens (tertiary/aromatic N) is 4. The second kappa shape index (κ2) is 8.72. The van der Waals surface area contributed by atoms with Crippen molar-refractivity contribution in [2.24, 2.45) is 0 Å². The van der Waals surface area contributed by atoms with Crippen molar-refractivity contribution in [2.75, 3.05) is 14.2 Å². The summed E-state index contributed by atoms with van der Waals surface area (Å²) in [6.07, 6.45) is -1.64. The molecule has 0 spiro atoms. The van der Waals surface area contributed by atoms with Gasteiger partial charge in [-0.25, -0.2) is 10.0 Å². The molecule has 2 rings (SSSR count). The molecule has 0 aliphatic carbocycles. The molecular weight excluding hydrogens is 416 g/mol. The molecule has 0 N–H and O–H groups in total. The number of amides is 2. The molecule has 10 nitrogen and oxygen atoms in total. The van der Waals surface area contributed by atoms with E-state index >= 15 is 0 Å². The van der Waals surface area contributed by atoms with Crippen molar-refractivity contribution in [1.82, 2.24) is 20.1 Å². The number of rotatable bonds is 5. The second-order valence-electron chi connectivity index (χ2n) is 11.6. The zero-order valence-electron chi connectivity index (χ0n) is 21.2. The summed E-state index contributed by atoms with van der Waals surface area (Å²) in [6, 6.07) is -0.791. The van der Waals surface area contributed by atoms with Crippen LogP contribution in [0.4, 0.5) is 9.59 Å². The molecule has 2 fully saturated rings. The predicted molar refractivity (Wildman–Crippen MR) is 115 cm³/mol. The van der Waals surface area contributed by atoms with E-state index in [1.54, 1.807) is 14.2 Å². The Bertz CT molecular complexity index is 629. The SMILES string of the molecule is CON1C(C)(C)CC(N(C2CC(C)(C)N(OC)C(C)(C)C2)N(C(=O)[O-])C(=O)[O-])CC1(C)C. The molecule has 0 aromatic carbocycles. The van der Waals surface area contributed by atoms with Crippen LogP contribution in [-0.4, -0.2) is 80.8 Å². The van der Waals surface area contributed by atoms with Crippen LogP contribution in [-0.2, 0) is 9.68 Å². The highest BCUT2D eigenvalue weighted by atomic mass is 16.7. The highest BCUT2D eigenvalue weighted by molar-refractivity contribution is 5.82. The Morgan fingerprint density at radius 3 is 1.12 bits per heavy atom. The van der Waals surface area contributed by atoms with E-state index in [4.69, 9.17) is 9.68 Å². The van der Waals surface area contributed by atoms with Gasteiger partial charge in [-0.1, -0.05) is 0 Å². The number of imide groups is 1. The summed E-state index contributed by atoms with van der Waals surface area (Å²) in [6.45, 7) is 16.1. The van der Waals surface area contributed by atoms with E-state index in [0.29, 0.717) is 25.7 Å². The molecule has 32 heavy (non-hydrogen) atoms. The van der Waals surface area contributed by atoms with Crippen LogP contribution in [0, 0.1) is 0 Å². The fraction of sp³-hybridized carbons (Fsp3) is 0.909. The van der Waals surface area contributed by atoms with Crippen LogP contribution in [0.2, 0.25) is 0 Å². The van der Waals surface area contributed by atoms with Gasteiger partial charge in [0.15, 0.2) is 12.2 Å². The molecule has 0 saturated carbocycles. The fourth-order valence-electron chi connectivity index (χ4n) is 6.67. The number of carbonyl (C=O) groups excluding carboxylic acids is 2. The third kappa shape index (κ3) is 4.89. The maximum absolute atomic E-state index is 12.0. The highest BCUT2D eigenvalue weighted by Crippen LogP contribution is 2.45. The van der Waals surface area contributed by atoms with Gasteiger partial charge in [0, 0.05) is 34.2 Å². The maximum atomic E-state index is 12.0. The molecule has 0 aromatic rings. The topological polar surface area (TPSA) is 112 Å². The number of piperidine rings is 2. The number of carboxylic acid groups (broad SMARTS) is 2. The van der Waals surface area contributed by atoms with Crippen molar-refractivity contribution in [3.05, 3.63) is 0 Å². The Hall–Kier alpha value is -1.46. The highest BCUT2D eigenvalue weighted by Gasteiger charge is 2.53. The van der Waals surface area contributed by atoms with E-state index < -0.39 is 46.4 Å². The molecule has 2 amide bonds. The quantitative estimate of drug-likeness (QED) is 0.566. The van der Waals surface area contributed by atoms with E-state index in [1.807, 2.05) is 65.5 Å². The second-order valence-corrected chi connectivity index (χ2v) is 11.6. The molecule has 2 aliphatic rings. The van der Waals surface area contributed by atoms with Crippen molar-refractivity contribution in [3.63, 3.8) is 0 Å². The first-order chi connectivity index (χ1) is 14.4. The van der Waals surface area contributed by atoms with E-state index in [0.717, 1.165) is 0 Å². The lowest BCUT2D eigenvalue weighted by Gasteiger charge is -2.61. The smallest absolute Gasteiger partial charge is 0.158 e. The lowest BCUT2D eigenvalue weighted by Crippen LogP contribution is -2.73. The zero-order valence-corrected chi connectivity index (χ0v) is 21.2. The van der Waals surface area contributed by atoms with Crippen molar-refractivity contribution in [3.8, 4) is 0 Å². The maximum Gasteiger partial charge on any atom is 0.158 e. The van der Waals surface area contributed by atoms with Gasteiger partial charge in [-0.2, -0.15) is 10.1 Å². The summed E-state index contributed by atoms with van der Waals surface area (Å²) < 4.78 is 0. The van der Waals surface area contributed by atoms with Gasteiger partial charge in [0.1, 0.15) is 0 Å². The Morgan fingerprint density at radius 2 is 0.938 bits per heavy atom. The zero-order chi connectivity index (χ0) is 24.9. The van der Waals surface area contributed by atoms with Crippen LogP contribution in [0.3, 0.4) is 0 Å². The third-order valence-electron chi connectivity index (χ3n) is 6.83. The summed E-state index contributed by atoms with van der Waals surface area (Å²) in [5, 5.41) is 29.6. The lowest BCUT2D eigenvalue weighted by atomic mass is 9.75. The normalized spacial score (nSPS) is 26.2. The Balaban J connectivity index is 2.58. The van der Waals surface area contributed by atoms with Gasteiger partial charge in [0.05, 0.1) is 14.2 Å². The molecule has 2 saturated heterocycles. The number of carbonyl (C=O) groups is 2. The van der Waals surface area contributed by atoms with Crippen LogP contribution < -0.4 is 10.2 Å². The average molecular weight is 457 g/mol. The van der Waals surface area contributed by atoms with Crippen molar-refractivity contribution in [1.29, 1.82) is 0 Å². The number of hydrazine groups is 1. The minimum Gasteiger partial charge on any atom is -0.529 e. The summed E-state index contributed by atoms with van der Waals surface area (Å²) >= 11 is 0. The van der Waals surface area contributed by atoms with E-state index in [2.05, 4.69) is 0 Å². The third-order valence-corrected chi connectivity index (χ3v) is 6.83. The minimum atomic E-state index is -1.81. The Kier molecular flexibility index (Phi) is 7.30. The van der Waals surface area contributed by atoms with Gasteiger partial charge in [0.25, 0.3) is 0 Å². The first-order valence-electron chi connectivity index (χ1n) is 11.1. The predicted octanol–water partition coefficient (Wildman–Crippen LogP) is 1.36. The monoisotopic (exact) mass is 456 g/mol. The lowest BCUT2D eigenvalue weighted by molar-refractivity contribution is -0.332. The summed E-state index contributed by atoms with van der Waals surface area (Å²) in [5.41, 5.74) is -1.88. The van der Waals surface area contributed by atoms with Crippen LogP contribution in [0.15, 0.2) is 0 Å². The molecule has 0 bridgehead atoms. The van der Waals surface area contributed by atoms with E-state index in [-0.39, 0.29) is 5.01 Å². The number of hydrogen-bond donors (Lipinski definition) is 0. The van der Waals surface area contributed by atoms with Crippen molar-refractivity contribution >= 4 is 12.2 Å². The van der Waals surface area contributed by atoms with Gasteiger partial charge < -0.3 is 29.5 Å². The van der Waals surface area contributed by atoms with Gasteiger partial charge in [0.2, 0.25) is 0 Å².